The van der Waals surface area contributed by atoms with E-state index < -0.39 is 0 Å². The zero-order valence-electron chi connectivity index (χ0n) is 10.6. The third-order valence-corrected chi connectivity index (χ3v) is 3.76. The largest absolute Gasteiger partial charge is 0.458 e. The zero-order chi connectivity index (χ0) is 12.7. The molecule has 0 spiro atoms. The Morgan fingerprint density at radius 2 is 2.06 bits per heavy atom. The monoisotopic (exact) mass is 247 g/mol. The quantitative estimate of drug-likeness (QED) is 0.750. The van der Waals surface area contributed by atoms with Gasteiger partial charge in [0.25, 0.3) is 0 Å². The van der Waals surface area contributed by atoms with Crippen molar-refractivity contribution >= 4 is 5.97 Å². The number of esters is 1. The highest BCUT2D eigenvalue weighted by Crippen LogP contribution is 2.37. The van der Waals surface area contributed by atoms with Gasteiger partial charge >= 0.3 is 5.97 Å². The number of nitrogens with zero attached hydrogens (tertiary/aromatic N) is 1. The number of fused-ring (bicyclic) bond motifs is 1. The Kier molecular flexibility index (Phi) is 2.84. The second kappa shape index (κ2) is 4.37. The van der Waals surface area contributed by atoms with Crippen molar-refractivity contribution in [2.24, 2.45) is 0 Å². The second-order valence-electron chi connectivity index (χ2n) is 4.98. The van der Waals surface area contributed by atoms with Gasteiger partial charge in [-0.2, -0.15) is 5.06 Å². The molecular formula is C14H17NO3. The van der Waals surface area contributed by atoms with E-state index in [4.69, 9.17) is 9.57 Å². The Labute approximate surface area is 106 Å². The first-order valence-corrected chi connectivity index (χ1v) is 6.36. The molecule has 0 aliphatic carbocycles. The van der Waals surface area contributed by atoms with E-state index >= 15 is 0 Å². The predicted octanol–water partition coefficient (Wildman–Crippen LogP) is 2.07. The van der Waals surface area contributed by atoms with Crippen molar-refractivity contribution in [3.8, 4) is 0 Å². The molecule has 18 heavy (non-hydrogen) atoms. The summed E-state index contributed by atoms with van der Waals surface area (Å²) in [4.78, 5) is 17.3. The van der Waals surface area contributed by atoms with E-state index in [1.807, 2.05) is 30.2 Å². The Bertz CT molecular complexity index is 448. The van der Waals surface area contributed by atoms with E-state index in [9.17, 15) is 4.79 Å². The third-order valence-electron chi connectivity index (χ3n) is 3.76. The molecule has 4 nitrogen and oxygen atoms in total. The van der Waals surface area contributed by atoms with Crippen LogP contribution < -0.4 is 0 Å². The maximum Gasteiger partial charge on any atom is 0.308 e. The van der Waals surface area contributed by atoms with Gasteiger partial charge in [0.1, 0.15) is 12.2 Å². The number of hydrogen-bond acceptors (Lipinski definition) is 4. The average molecular weight is 247 g/mol. The number of hydrogen-bond donors (Lipinski definition) is 0. The summed E-state index contributed by atoms with van der Waals surface area (Å²) in [6, 6.07) is 10.3. The van der Waals surface area contributed by atoms with Crippen molar-refractivity contribution in [1.82, 2.24) is 5.06 Å². The number of hydroxylamine groups is 2. The molecule has 96 valence electrons. The molecule has 2 aliphatic heterocycles. The van der Waals surface area contributed by atoms with Crippen LogP contribution in [0.1, 0.15) is 31.9 Å². The SMILES string of the molecule is C[C@@H]1ON([C@H](C)c2ccccc2)C2CC(=O)OC21. The molecule has 4 atom stereocenters. The van der Waals surface area contributed by atoms with Gasteiger partial charge in [-0.3, -0.25) is 9.63 Å². The lowest BCUT2D eigenvalue weighted by Crippen LogP contribution is -2.33. The van der Waals surface area contributed by atoms with Gasteiger partial charge in [0.05, 0.1) is 18.5 Å². The molecule has 2 aliphatic rings. The molecule has 1 aromatic rings. The van der Waals surface area contributed by atoms with E-state index in [-0.39, 0.29) is 30.3 Å². The fourth-order valence-electron chi connectivity index (χ4n) is 2.80. The Morgan fingerprint density at radius 1 is 1.33 bits per heavy atom. The van der Waals surface area contributed by atoms with Crippen LogP contribution in [0.4, 0.5) is 0 Å². The van der Waals surface area contributed by atoms with Crippen LogP contribution in [-0.2, 0) is 14.4 Å². The van der Waals surface area contributed by atoms with Crippen LogP contribution in [0.25, 0.3) is 0 Å². The second-order valence-corrected chi connectivity index (χ2v) is 4.98. The van der Waals surface area contributed by atoms with Crippen molar-refractivity contribution in [3.05, 3.63) is 35.9 Å². The fourth-order valence-corrected chi connectivity index (χ4v) is 2.80. The van der Waals surface area contributed by atoms with Crippen molar-refractivity contribution in [1.29, 1.82) is 0 Å². The van der Waals surface area contributed by atoms with Gasteiger partial charge in [-0.15, -0.1) is 0 Å². The maximum absolute atomic E-state index is 11.4. The number of carbonyl (C=O) groups is 1. The normalized spacial score (nSPS) is 33.2. The van der Waals surface area contributed by atoms with Gasteiger partial charge in [0.15, 0.2) is 0 Å². The van der Waals surface area contributed by atoms with E-state index in [1.54, 1.807) is 0 Å². The molecule has 2 saturated heterocycles. The summed E-state index contributed by atoms with van der Waals surface area (Å²) in [5.74, 6) is -0.120. The van der Waals surface area contributed by atoms with E-state index in [1.165, 1.54) is 5.56 Å². The number of benzene rings is 1. The van der Waals surface area contributed by atoms with Gasteiger partial charge in [0, 0.05) is 0 Å². The van der Waals surface area contributed by atoms with Gasteiger partial charge in [-0.1, -0.05) is 30.3 Å². The molecule has 2 heterocycles. The van der Waals surface area contributed by atoms with Crippen molar-refractivity contribution < 1.29 is 14.4 Å². The van der Waals surface area contributed by atoms with Gasteiger partial charge in [-0.05, 0) is 19.4 Å². The maximum atomic E-state index is 11.4. The van der Waals surface area contributed by atoms with Crippen molar-refractivity contribution in [2.75, 3.05) is 0 Å². The third kappa shape index (κ3) is 1.82. The highest BCUT2D eigenvalue weighted by atomic mass is 16.7. The summed E-state index contributed by atoms with van der Waals surface area (Å²) >= 11 is 0. The minimum Gasteiger partial charge on any atom is -0.458 e. The first-order valence-electron chi connectivity index (χ1n) is 6.36. The average Bonchev–Trinajstić information content (AvgIpc) is 2.89. The molecule has 0 amide bonds. The molecule has 0 saturated carbocycles. The zero-order valence-corrected chi connectivity index (χ0v) is 10.6. The molecule has 2 fully saturated rings. The van der Waals surface area contributed by atoms with Crippen LogP contribution >= 0.6 is 0 Å². The summed E-state index contributed by atoms with van der Waals surface area (Å²) in [6.45, 7) is 4.04. The highest BCUT2D eigenvalue weighted by molar-refractivity contribution is 5.73. The molecule has 0 aromatic heterocycles. The summed E-state index contributed by atoms with van der Waals surface area (Å²) < 4.78 is 5.31. The van der Waals surface area contributed by atoms with E-state index in [0.29, 0.717) is 6.42 Å². The Hall–Kier alpha value is -1.39. The first kappa shape index (κ1) is 11.7. The fraction of sp³-hybridized carbons (Fsp3) is 0.500. The van der Waals surface area contributed by atoms with Gasteiger partial charge in [0.2, 0.25) is 0 Å². The number of ether oxygens (including phenoxy) is 1. The van der Waals surface area contributed by atoms with Crippen LogP contribution in [0.2, 0.25) is 0 Å². The Morgan fingerprint density at radius 3 is 2.78 bits per heavy atom. The molecular weight excluding hydrogens is 230 g/mol. The molecule has 4 heteroatoms. The predicted molar refractivity (Wildman–Crippen MR) is 65.5 cm³/mol. The minimum atomic E-state index is -0.122. The smallest absolute Gasteiger partial charge is 0.308 e. The lowest BCUT2D eigenvalue weighted by Gasteiger charge is -2.27. The van der Waals surface area contributed by atoms with Gasteiger partial charge in [-0.25, -0.2) is 0 Å². The molecule has 3 rings (SSSR count). The van der Waals surface area contributed by atoms with Crippen LogP contribution in [0.15, 0.2) is 30.3 Å². The molecule has 2 unspecified atom stereocenters. The highest BCUT2D eigenvalue weighted by Gasteiger charge is 2.50. The molecule has 0 N–H and O–H groups in total. The molecule has 1 aromatic carbocycles. The van der Waals surface area contributed by atoms with Crippen molar-refractivity contribution in [2.45, 2.75) is 44.6 Å². The van der Waals surface area contributed by atoms with Crippen LogP contribution in [-0.4, -0.2) is 29.3 Å². The van der Waals surface area contributed by atoms with Crippen LogP contribution in [0.3, 0.4) is 0 Å². The summed E-state index contributed by atoms with van der Waals surface area (Å²) in [6.07, 6.45) is 0.239. The number of rotatable bonds is 2. The Balaban J connectivity index is 1.83. The summed E-state index contributed by atoms with van der Waals surface area (Å²) in [5.41, 5.74) is 1.18. The standard InChI is InChI=1S/C14H17NO3/c1-9(11-6-4-3-5-7-11)15-12-8-13(16)17-14(12)10(2)18-15/h3-7,9-10,12,14H,8H2,1-2H3/t9-,10+,12?,14?/m1/s1. The first-order chi connectivity index (χ1) is 8.66. The van der Waals surface area contributed by atoms with E-state index in [0.717, 1.165) is 0 Å². The topological polar surface area (TPSA) is 38.8 Å². The van der Waals surface area contributed by atoms with Crippen LogP contribution in [0, 0.1) is 0 Å². The number of carbonyl (C=O) groups excluding carboxylic acids is 1. The van der Waals surface area contributed by atoms with Crippen molar-refractivity contribution in [3.63, 3.8) is 0 Å². The lowest BCUT2D eigenvalue weighted by molar-refractivity contribution is -0.191. The molecule has 0 bridgehead atoms. The minimum absolute atomic E-state index is 0.0442. The molecule has 0 radical (unpaired) electrons. The van der Waals surface area contributed by atoms with Gasteiger partial charge < -0.3 is 4.74 Å². The van der Waals surface area contributed by atoms with Crippen LogP contribution in [0.5, 0.6) is 0 Å². The van der Waals surface area contributed by atoms with E-state index in [2.05, 4.69) is 19.1 Å². The summed E-state index contributed by atoms with van der Waals surface area (Å²) in [7, 11) is 0. The lowest BCUT2D eigenvalue weighted by atomic mass is 10.0. The summed E-state index contributed by atoms with van der Waals surface area (Å²) in [5, 5.41) is 1.93.